The molecule has 0 heterocycles. The number of rotatable bonds is 6. The van der Waals surface area contributed by atoms with E-state index in [0.717, 1.165) is 6.07 Å². The normalized spacial score (nSPS) is 10.3. The fraction of sp³-hybridized carbons (Fsp3) is 0.400. The van der Waals surface area contributed by atoms with Crippen LogP contribution in [0.2, 0.25) is 0 Å². The zero-order valence-corrected chi connectivity index (χ0v) is 8.97. The second-order valence-corrected chi connectivity index (χ2v) is 3.18. The van der Waals surface area contributed by atoms with Gasteiger partial charge in [-0.3, -0.25) is 0 Å². The highest BCUT2D eigenvalue weighted by atomic mass is 32.1. The zero-order valence-electron chi connectivity index (χ0n) is 8.08. The van der Waals surface area contributed by atoms with Crippen molar-refractivity contribution < 1.29 is 18.3 Å². The summed E-state index contributed by atoms with van der Waals surface area (Å²) in [5, 5.41) is 0. The van der Waals surface area contributed by atoms with Crippen LogP contribution in [0.25, 0.3) is 0 Å². The Hall–Kier alpha value is -0.810. The zero-order chi connectivity index (χ0) is 11.1. The third kappa shape index (κ3) is 4.05. The Morgan fingerprint density at radius 1 is 1.13 bits per heavy atom. The van der Waals surface area contributed by atoms with Crippen LogP contribution in [0.1, 0.15) is 0 Å². The summed E-state index contributed by atoms with van der Waals surface area (Å²) in [5.74, 6) is -1.35. The Balaban J connectivity index is 2.34. The van der Waals surface area contributed by atoms with E-state index in [4.69, 9.17) is 9.47 Å². The van der Waals surface area contributed by atoms with Gasteiger partial charge in [0.05, 0.1) is 13.2 Å². The van der Waals surface area contributed by atoms with Gasteiger partial charge in [-0.25, -0.2) is 4.39 Å². The van der Waals surface area contributed by atoms with Crippen molar-refractivity contribution in [2.24, 2.45) is 0 Å². The number of ether oxygens (including phenoxy) is 2. The Kier molecular flexibility index (Phi) is 5.42. The monoisotopic (exact) mass is 234 g/mol. The molecule has 0 fully saturated rings. The smallest absolute Gasteiger partial charge is 0.200 e. The van der Waals surface area contributed by atoms with E-state index < -0.39 is 11.6 Å². The molecule has 0 spiro atoms. The van der Waals surface area contributed by atoms with Crippen molar-refractivity contribution >= 4 is 12.6 Å². The highest BCUT2D eigenvalue weighted by Crippen LogP contribution is 2.18. The van der Waals surface area contributed by atoms with E-state index in [-0.39, 0.29) is 12.4 Å². The molecule has 0 N–H and O–H groups in total. The molecule has 1 aromatic carbocycles. The van der Waals surface area contributed by atoms with Crippen molar-refractivity contribution in [1.29, 1.82) is 0 Å². The second kappa shape index (κ2) is 6.63. The molecule has 2 nitrogen and oxygen atoms in total. The minimum atomic E-state index is -0.966. The highest BCUT2D eigenvalue weighted by molar-refractivity contribution is 7.80. The fourth-order valence-electron chi connectivity index (χ4n) is 0.973. The third-order valence-electron chi connectivity index (χ3n) is 1.64. The van der Waals surface area contributed by atoms with E-state index >= 15 is 0 Å². The first kappa shape index (κ1) is 12.3. The van der Waals surface area contributed by atoms with Gasteiger partial charge in [0.2, 0.25) is 5.82 Å². The SMILES string of the molecule is Fc1cccc(OCCOCCS)c1F. The molecule has 0 aliphatic carbocycles. The minimum absolute atomic E-state index is 0.0931. The van der Waals surface area contributed by atoms with Crippen LogP contribution in [-0.2, 0) is 4.74 Å². The summed E-state index contributed by atoms with van der Waals surface area (Å²) in [6.07, 6.45) is 0. The molecule has 5 heteroatoms. The van der Waals surface area contributed by atoms with Gasteiger partial charge in [-0.1, -0.05) is 6.07 Å². The van der Waals surface area contributed by atoms with Crippen LogP contribution in [0.3, 0.4) is 0 Å². The lowest BCUT2D eigenvalue weighted by atomic mass is 10.3. The molecule has 0 unspecified atom stereocenters. The van der Waals surface area contributed by atoms with Gasteiger partial charge in [-0.2, -0.15) is 17.0 Å². The summed E-state index contributed by atoms with van der Waals surface area (Å²) in [7, 11) is 0. The molecule has 0 atom stereocenters. The van der Waals surface area contributed by atoms with Gasteiger partial charge < -0.3 is 9.47 Å². The molecule has 84 valence electrons. The molecule has 0 radical (unpaired) electrons. The predicted molar refractivity (Wildman–Crippen MR) is 56.5 cm³/mol. The fourth-order valence-corrected chi connectivity index (χ4v) is 1.10. The van der Waals surface area contributed by atoms with Crippen molar-refractivity contribution in [3.05, 3.63) is 29.8 Å². The van der Waals surface area contributed by atoms with Crippen LogP contribution >= 0.6 is 12.6 Å². The molecule has 1 aromatic rings. The van der Waals surface area contributed by atoms with Crippen LogP contribution in [0, 0.1) is 11.6 Å². The van der Waals surface area contributed by atoms with Crippen LogP contribution in [0.4, 0.5) is 8.78 Å². The van der Waals surface area contributed by atoms with Crippen molar-refractivity contribution in [2.75, 3.05) is 25.6 Å². The van der Waals surface area contributed by atoms with Gasteiger partial charge in [-0.05, 0) is 12.1 Å². The summed E-state index contributed by atoms with van der Waals surface area (Å²) in [6.45, 7) is 1.03. The van der Waals surface area contributed by atoms with Gasteiger partial charge in [0.15, 0.2) is 11.6 Å². The van der Waals surface area contributed by atoms with Crippen molar-refractivity contribution in [3.63, 3.8) is 0 Å². The topological polar surface area (TPSA) is 18.5 Å². The van der Waals surface area contributed by atoms with Gasteiger partial charge in [-0.15, -0.1) is 0 Å². The lowest BCUT2D eigenvalue weighted by Gasteiger charge is -2.07. The van der Waals surface area contributed by atoms with Crippen LogP contribution in [-0.4, -0.2) is 25.6 Å². The standard InChI is InChI=1S/C10H12F2O2S/c11-8-2-1-3-9(10(8)12)14-5-4-13-6-7-15/h1-3,15H,4-7H2. The number of hydrogen-bond acceptors (Lipinski definition) is 3. The Bertz CT molecular complexity index is 307. The molecule has 0 amide bonds. The molecule has 0 aliphatic heterocycles. The first-order valence-corrected chi connectivity index (χ1v) is 5.14. The van der Waals surface area contributed by atoms with E-state index in [1.165, 1.54) is 12.1 Å². The lowest BCUT2D eigenvalue weighted by Crippen LogP contribution is -2.09. The van der Waals surface area contributed by atoms with E-state index in [1.807, 2.05) is 0 Å². The van der Waals surface area contributed by atoms with E-state index in [1.54, 1.807) is 0 Å². The summed E-state index contributed by atoms with van der Waals surface area (Å²) in [4.78, 5) is 0. The van der Waals surface area contributed by atoms with Gasteiger partial charge in [0, 0.05) is 5.75 Å². The Morgan fingerprint density at radius 2 is 1.93 bits per heavy atom. The number of halogens is 2. The van der Waals surface area contributed by atoms with E-state index in [2.05, 4.69) is 12.6 Å². The predicted octanol–water partition coefficient (Wildman–Crippen LogP) is 2.29. The van der Waals surface area contributed by atoms with Crippen LogP contribution in [0.5, 0.6) is 5.75 Å². The number of hydrogen-bond donors (Lipinski definition) is 1. The molecule has 0 bridgehead atoms. The average molecular weight is 234 g/mol. The van der Waals surface area contributed by atoms with Gasteiger partial charge in [0.25, 0.3) is 0 Å². The van der Waals surface area contributed by atoms with Crippen LogP contribution < -0.4 is 4.74 Å². The van der Waals surface area contributed by atoms with Crippen molar-refractivity contribution in [2.45, 2.75) is 0 Å². The molecule has 0 saturated carbocycles. The maximum Gasteiger partial charge on any atom is 0.200 e. The molecule has 0 aromatic heterocycles. The van der Waals surface area contributed by atoms with Crippen molar-refractivity contribution in [1.82, 2.24) is 0 Å². The number of benzene rings is 1. The molecule has 15 heavy (non-hydrogen) atoms. The van der Waals surface area contributed by atoms with E-state index in [9.17, 15) is 8.78 Å². The minimum Gasteiger partial charge on any atom is -0.488 e. The average Bonchev–Trinajstić information content (AvgIpc) is 2.24. The largest absolute Gasteiger partial charge is 0.488 e. The number of thiol groups is 1. The summed E-state index contributed by atoms with van der Waals surface area (Å²) < 4.78 is 35.8. The quantitative estimate of drug-likeness (QED) is 0.601. The van der Waals surface area contributed by atoms with E-state index in [0.29, 0.717) is 19.0 Å². The molecular formula is C10H12F2O2S. The molecule has 0 aliphatic rings. The Labute approximate surface area is 92.6 Å². The molecule has 1 rings (SSSR count). The maximum absolute atomic E-state index is 13.0. The highest BCUT2D eigenvalue weighted by Gasteiger charge is 2.07. The lowest BCUT2D eigenvalue weighted by molar-refractivity contribution is 0.110. The van der Waals surface area contributed by atoms with Gasteiger partial charge >= 0.3 is 0 Å². The second-order valence-electron chi connectivity index (χ2n) is 2.74. The first-order chi connectivity index (χ1) is 7.25. The summed E-state index contributed by atoms with van der Waals surface area (Å²) >= 11 is 3.95. The van der Waals surface area contributed by atoms with Gasteiger partial charge in [0.1, 0.15) is 6.61 Å². The van der Waals surface area contributed by atoms with Crippen LogP contribution in [0.15, 0.2) is 18.2 Å². The maximum atomic E-state index is 13.0. The summed E-state index contributed by atoms with van der Waals surface area (Å²) in [5.41, 5.74) is 0. The Morgan fingerprint density at radius 3 is 2.67 bits per heavy atom. The first-order valence-electron chi connectivity index (χ1n) is 4.51. The third-order valence-corrected chi connectivity index (χ3v) is 1.82. The van der Waals surface area contributed by atoms with Crippen molar-refractivity contribution in [3.8, 4) is 5.75 Å². The molecular weight excluding hydrogens is 222 g/mol. The summed E-state index contributed by atoms with van der Waals surface area (Å²) in [6, 6.07) is 3.80. The molecule has 0 saturated heterocycles.